The normalized spacial score (nSPS) is 36.4. The Morgan fingerprint density at radius 1 is 0.650 bits per heavy atom. The van der Waals surface area contributed by atoms with E-state index in [0.717, 1.165) is 11.1 Å². The second-order valence-electron chi connectivity index (χ2n) is 5.84. The van der Waals surface area contributed by atoms with Gasteiger partial charge in [-0.2, -0.15) is 0 Å². The van der Waals surface area contributed by atoms with Crippen LogP contribution in [0.5, 0.6) is 0 Å². The topological polar surface area (TPSA) is 40.5 Å². The van der Waals surface area contributed by atoms with Gasteiger partial charge in [-0.05, 0) is 23.0 Å². The van der Waals surface area contributed by atoms with Crippen molar-refractivity contribution in [3.63, 3.8) is 0 Å². The summed E-state index contributed by atoms with van der Waals surface area (Å²) in [6, 6.07) is 19.0. The fourth-order valence-corrected chi connectivity index (χ4v) is 3.67. The van der Waals surface area contributed by atoms with Crippen molar-refractivity contribution in [2.24, 2.45) is 11.8 Å². The summed E-state index contributed by atoms with van der Waals surface area (Å²) >= 11 is 0. The summed E-state index contributed by atoms with van der Waals surface area (Å²) in [4.78, 5) is 0. The minimum absolute atomic E-state index is 0.00453. The van der Waals surface area contributed by atoms with E-state index in [-0.39, 0.29) is 11.8 Å². The number of rotatable bonds is 2. The van der Waals surface area contributed by atoms with Gasteiger partial charge in [0.15, 0.2) is 0 Å². The van der Waals surface area contributed by atoms with Crippen LogP contribution in [0, 0.1) is 11.8 Å². The summed E-state index contributed by atoms with van der Waals surface area (Å²) in [5, 5.41) is 22.5. The Bertz CT molecular complexity index is 540. The van der Waals surface area contributed by atoms with E-state index in [1.54, 1.807) is 0 Å². The number of aliphatic hydroxyl groups is 2. The van der Waals surface area contributed by atoms with Crippen molar-refractivity contribution < 1.29 is 10.2 Å². The van der Waals surface area contributed by atoms with Gasteiger partial charge in [0.1, 0.15) is 11.2 Å². The third-order valence-electron chi connectivity index (χ3n) is 5.08. The summed E-state index contributed by atoms with van der Waals surface area (Å²) in [5.41, 5.74) is -0.932. The molecular formula is C18H20O2. The highest BCUT2D eigenvalue weighted by atomic mass is 16.4. The SMILES string of the molecule is C[C@@H]1[C@@H](C)[C@@](O)(c2ccccc2)[C@@]1(O)c1ccccc1. The minimum atomic E-state index is -1.24. The van der Waals surface area contributed by atoms with Crippen molar-refractivity contribution in [3.8, 4) is 0 Å². The van der Waals surface area contributed by atoms with Crippen LogP contribution in [0.3, 0.4) is 0 Å². The van der Waals surface area contributed by atoms with Gasteiger partial charge in [0.25, 0.3) is 0 Å². The number of hydrogen-bond acceptors (Lipinski definition) is 2. The average Bonchev–Trinajstić information content (AvgIpc) is 2.53. The van der Waals surface area contributed by atoms with E-state index in [1.165, 1.54) is 0 Å². The molecule has 0 aromatic heterocycles. The third kappa shape index (κ3) is 1.46. The summed E-state index contributed by atoms with van der Waals surface area (Å²) in [6.45, 7) is 3.99. The molecule has 0 spiro atoms. The third-order valence-corrected chi connectivity index (χ3v) is 5.08. The maximum absolute atomic E-state index is 11.2. The lowest BCUT2D eigenvalue weighted by molar-refractivity contribution is -0.312. The molecule has 0 bridgehead atoms. The van der Waals surface area contributed by atoms with Gasteiger partial charge in [-0.25, -0.2) is 0 Å². The van der Waals surface area contributed by atoms with Crippen LogP contribution in [0.15, 0.2) is 60.7 Å². The van der Waals surface area contributed by atoms with Crippen molar-refractivity contribution >= 4 is 0 Å². The van der Waals surface area contributed by atoms with Crippen molar-refractivity contribution in [2.75, 3.05) is 0 Å². The molecule has 2 N–H and O–H groups in total. The molecule has 3 rings (SSSR count). The molecule has 2 nitrogen and oxygen atoms in total. The molecule has 0 radical (unpaired) electrons. The van der Waals surface area contributed by atoms with Gasteiger partial charge < -0.3 is 10.2 Å². The van der Waals surface area contributed by atoms with Crippen molar-refractivity contribution in [3.05, 3.63) is 71.8 Å². The molecular weight excluding hydrogens is 248 g/mol. The highest BCUT2D eigenvalue weighted by Crippen LogP contribution is 2.62. The predicted octanol–water partition coefficient (Wildman–Crippen LogP) is 3.05. The first-order valence-electron chi connectivity index (χ1n) is 7.08. The van der Waals surface area contributed by atoms with E-state index in [4.69, 9.17) is 0 Å². The largest absolute Gasteiger partial charge is 0.381 e. The van der Waals surface area contributed by atoms with Crippen LogP contribution in [0.25, 0.3) is 0 Å². The van der Waals surface area contributed by atoms with E-state index in [2.05, 4.69) is 0 Å². The molecule has 1 aliphatic carbocycles. The summed E-state index contributed by atoms with van der Waals surface area (Å²) in [5.74, 6) is -0.00906. The zero-order valence-electron chi connectivity index (χ0n) is 11.8. The van der Waals surface area contributed by atoms with Crippen LogP contribution in [0.1, 0.15) is 25.0 Å². The Kier molecular flexibility index (Phi) is 2.96. The predicted molar refractivity (Wildman–Crippen MR) is 79.0 cm³/mol. The summed E-state index contributed by atoms with van der Waals surface area (Å²) < 4.78 is 0. The molecule has 2 aromatic carbocycles. The van der Waals surface area contributed by atoms with Crippen LogP contribution in [-0.4, -0.2) is 10.2 Å². The van der Waals surface area contributed by atoms with Crippen molar-refractivity contribution in [1.29, 1.82) is 0 Å². The minimum Gasteiger partial charge on any atom is -0.381 e. The lowest BCUT2D eigenvalue weighted by atomic mass is 9.47. The Morgan fingerprint density at radius 3 is 1.25 bits per heavy atom. The Balaban J connectivity index is 2.15. The van der Waals surface area contributed by atoms with Crippen LogP contribution >= 0.6 is 0 Å². The molecule has 0 amide bonds. The first-order chi connectivity index (χ1) is 9.53. The van der Waals surface area contributed by atoms with E-state index in [1.807, 2.05) is 74.5 Å². The maximum atomic E-state index is 11.2. The summed E-state index contributed by atoms with van der Waals surface area (Å²) in [6.07, 6.45) is 0. The van der Waals surface area contributed by atoms with Gasteiger partial charge in [0.2, 0.25) is 0 Å². The van der Waals surface area contributed by atoms with Crippen LogP contribution in [-0.2, 0) is 11.2 Å². The second kappa shape index (κ2) is 4.44. The van der Waals surface area contributed by atoms with Crippen molar-refractivity contribution in [1.82, 2.24) is 0 Å². The molecule has 2 heteroatoms. The fraction of sp³-hybridized carbons (Fsp3) is 0.333. The van der Waals surface area contributed by atoms with Crippen LogP contribution in [0.4, 0.5) is 0 Å². The molecule has 2 aromatic rings. The highest BCUT2D eigenvalue weighted by Gasteiger charge is 2.69. The standard InChI is InChI=1S/C18H20O2/c1-13-14(2)18(20,16-11-7-4-8-12-16)17(13,19)15-9-5-3-6-10-15/h3-14,19-20H,1-2H3/t13-,14-,17-,18+/m1/s1. The smallest absolute Gasteiger partial charge is 0.126 e. The summed E-state index contributed by atoms with van der Waals surface area (Å²) in [7, 11) is 0. The lowest BCUT2D eigenvalue weighted by Gasteiger charge is -2.62. The molecule has 0 aliphatic heterocycles. The molecule has 104 valence electrons. The average molecular weight is 268 g/mol. The molecule has 0 unspecified atom stereocenters. The van der Waals surface area contributed by atoms with E-state index in [0.29, 0.717) is 0 Å². The Labute approximate surface area is 119 Å². The lowest BCUT2D eigenvalue weighted by Crippen LogP contribution is -2.69. The second-order valence-corrected chi connectivity index (χ2v) is 5.84. The van der Waals surface area contributed by atoms with Gasteiger partial charge in [0.05, 0.1) is 0 Å². The van der Waals surface area contributed by atoms with Crippen LogP contribution in [0.2, 0.25) is 0 Å². The molecule has 1 fully saturated rings. The molecule has 1 saturated carbocycles. The molecule has 0 heterocycles. The first kappa shape index (κ1) is 13.3. The van der Waals surface area contributed by atoms with Gasteiger partial charge >= 0.3 is 0 Å². The van der Waals surface area contributed by atoms with E-state index < -0.39 is 11.2 Å². The monoisotopic (exact) mass is 268 g/mol. The van der Waals surface area contributed by atoms with Gasteiger partial charge in [-0.1, -0.05) is 74.5 Å². The molecule has 20 heavy (non-hydrogen) atoms. The van der Waals surface area contributed by atoms with Crippen molar-refractivity contribution in [2.45, 2.75) is 25.0 Å². The van der Waals surface area contributed by atoms with Gasteiger partial charge in [0, 0.05) is 0 Å². The quantitative estimate of drug-likeness (QED) is 0.879. The highest BCUT2D eigenvalue weighted by molar-refractivity contribution is 5.40. The van der Waals surface area contributed by atoms with Crippen LogP contribution < -0.4 is 0 Å². The fourth-order valence-electron chi connectivity index (χ4n) is 3.67. The zero-order valence-corrected chi connectivity index (χ0v) is 11.8. The van der Waals surface area contributed by atoms with Gasteiger partial charge in [-0.15, -0.1) is 0 Å². The number of hydrogen-bond donors (Lipinski definition) is 2. The maximum Gasteiger partial charge on any atom is 0.126 e. The Morgan fingerprint density at radius 2 is 0.950 bits per heavy atom. The zero-order chi connectivity index (χ0) is 14.4. The Hall–Kier alpha value is -1.64. The van der Waals surface area contributed by atoms with E-state index in [9.17, 15) is 10.2 Å². The van der Waals surface area contributed by atoms with E-state index >= 15 is 0 Å². The first-order valence-corrected chi connectivity index (χ1v) is 7.08. The molecule has 0 saturated heterocycles. The van der Waals surface area contributed by atoms with Gasteiger partial charge in [-0.3, -0.25) is 0 Å². The molecule has 4 atom stereocenters. The molecule has 1 aliphatic rings. The number of benzene rings is 2.